The van der Waals surface area contributed by atoms with E-state index in [1.807, 2.05) is 48.7 Å². The van der Waals surface area contributed by atoms with Gasteiger partial charge in [0.1, 0.15) is 6.61 Å². The quantitative estimate of drug-likeness (QED) is 0.726. The number of nitrogens with zero attached hydrogens (tertiary/aromatic N) is 3. The second-order valence-corrected chi connectivity index (χ2v) is 6.76. The maximum Gasteiger partial charge on any atom is 0.161 e. The zero-order chi connectivity index (χ0) is 18.4. The molecule has 0 spiro atoms. The lowest BCUT2D eigenvalue weighted by atomic mass is 10.2. The van der Waals surface area contributed by atoms with Crippen LogP contribution in [-0.2, 0) is 6.61 Å². The number of piperazine rings is 1. The lowest BCUT2D eigenvalue weighted by molar-refractivity contribution is 0.159. The van der Waals surface area contributed by atoms with Crippen molar-refractivity contribution < 1.29 is 9.47 Å². The Bertz CT molecular complexity index is 741. The number of rotatable bonds is 6. The van der Waals surface area contributed by atoms with Crippen molar-refractivity contribution in [2.75, 3.05) is 40.3 Å². The molecule has 1 fully saturated rings. The third kappa shape index (κ3) is 5.13. The number of ether oxygens (including phenoxy) is 2. The number of hydrazone groups is 1. The Balaban J connectivity index is 1.62. The minimum Gasteiger partial charge on any atom is -0.493 e. The number of benzene rings is 2. The Morgan fingerprint density at radius 3 is 2.46 bits per heavy atom. The monoisotopic (exact) mass is 373 g/mol. The number of likely N-dealkylation sites (N-methyl/N-ethyl adjacent to an activating group) is 1. The molecule has 1 aliphatic rings. The topological polar surface area (TPSA) is 37.3 Å². The zero-order valence-electron chi connectivity index (χ0n) is 15.2. The summed E-state index contributed by atoms with van der Waals surface area (Å²) in [5.41, 5.74) is 2.04. The molecule has 1 saturated heterocycles. The number of hydrogen-bond donors (Lipinski definition) is 0. The van der Waals surface area contributed by atoms with E-state index in [2.05, 4.69) is 22.1 Å². The molecule has 26 heavy (non-hydrogen) atoms. The molecular weight excluding hydrogens is 350 g/mol. The molecular formula is C20H24ClN3O2. The molecule has 138 valence electrons. The van der Waals surface area contributed by atoms with Gasteiger partial charge in [0.25, 0.3) is 0 Å². The first kappa shape index (κ1) is 18.5. The maximum atomic E-state index is 5.91. The summed E-state index contributed by atoms with van der Waals surface area (Å²) in [6, 6.07) is 13.5. The predicted octanol–water partition coefficient (Wildman–Crippen LogP) is 3.51. The molecule has 0 aromatic heterocycles. The number of hydrogen-bond acceptors (Lipinski definition) is 5. The Morgan fingerprint density at radius 2 is 1.77 bits per heavy atom. The van der Waals surface area contributed by atoms with Crippen LogP contribution < -0.4 is 9.47 Å². The fraction of sp³-hybridized carbons (Fsp3) is 0.350. The summed E-state index contributed by atoms with van der Waals surface area (Å²) in [6.45, 7) is 4.44. The highest BCUT2D eigenvalue weighted by molar-refractivity contribution is 6.30. The van der Waals surface area contributed by atoms with Gasteiger partial charge in [-0.2, -0.15) is 5.10 Å². The largest absolute Gasteiger partial charge is 0.493 e. The van der Waals surface area contributed by atoms with Crippen LogP contribution in [0.2, 0.25) is 5.02 Å². The van der Waals surface area contributed by atoms with E-state index >= 15 is 0 Å². The van der Waals surface area contributed by atoms with Gasteiger partial charge in [0, 0.05) is 31.2 Å². The lowest BCUT2D eigenvalue weighted by Gasteiger charge is -2.30. The first-order chi connectivity index (χ1) is 12.6. The van der Waals surface area contributed by atoms with Gasteiger partial charge >= 0.3 is 0 Å². The third-order valence-electron chi connectivity index (χ3n) is 4.35. The normalized spacial score (nSPS) is 15.4. The van der Waals surface area contributed by atoms with Gasteiger partial charge in [-0.1, -0.05) is 23.7 Å². The van der Waals surface area contributed by atoms with E-state index in [4.69, 9.17) is 21.1 Å². The molecule has 1 heterocycles. The summed E-state index contributed by atoms with van der Waals surface area (Å²) in [7, 11) is 3.78. The van der Waals surface area contributed by atoms with E-state index < -0.39 is 0 Å². The molecule has 0 saturated carbocycles. The summed E-state index contributed by atoms with van der Waals surface area (Å²) in [4.78, 5) is 2.31. The van der Waals surface area contributed by atoms with Crippen LogP contribution >= 0.6 is 11.6 Å². The highest BCUT2D eigenvalue weighted by atomic mass is 35.5. The highest BCUT2D eigenvalue weighted by Crippen LogP contribution is 2.28. The molecule has 1 aliphatic heterocycles. The van der Waals surface area contributed by atoms with Gasteiger partial charge in [-0.3, -0.25) is 5.01 Å². The van der Waals surface area contributed by atoms with Crippen molar-refractivity contribution in [2.24, 2.45) is 5.10 Å². The molecule has 5 nitrogen and oxygen atoms in total. The van der Waals surface area contributed by atoms with Crippen LogP contribution in [0.4, 0.5) is 0 Å². The molecule has 6 heteroatoms. The van der Waals surface area contributed by atoms with E-state index in [9.17, 15) is 0 Å². The van der Waals surface area contributed by atoms with Crippen LogP contribution in [0.15, 0.2) is 47.6 Å². The second-order valence-electron chi connectivity index (χ2n) is 6.33. The summed E-state index contributed by atoms with van der Waals surface area (Å²) in [5.74, 6) is 1.40. The van der Waals surface area contributed by atoms with Crippen molar-refractivity contribution >= 4 is 17.8 Å². The zero-order valence-corrected chi connectivity index (χ0v) is 15.9. The van der Waals surface area contributed by atoms with Crippen LogP contribution in [0, 0.1) is 0 Å². The molecule has 0 radical (unpaired) electrons. The van der Waals surface area contributed by atoms with E-state index in [1.54, 1.807) is 7.11 Å². The van der Waals surface area contributed by atoms with Gasteiger partial charge in [0.05, 0.1) is 13.3 Å². The number of halogens is 1. The van der Waals surface area contributed by atoms with E-state index in [1.165, 1.54) is 0 Å². The summed E-state index contributed by atoms with van der Waals surface area (Å²) < 4.78 is 11.4. The summed E-state index contributed by atoms with van der Waals surface area (Å²) in [6.07, 6.45) is 1.87. The minimum absolute atomic E-state index is 0.461. The van der Waals surface area contributed by atoms with Gasteiger partial charge in [0.15, 0.2) is 11.5 Å². The average Bonchev–Trinajstić information content (AvgIpc) is 2.67. The molecule has 2 aromatic carbocycles. The SMILES string of the molecule is COc1cc(C=NN2CCN(C)CC2)ccc1OCc1ccc(Cl)cc1. The van der Waals surface area contributed by atoms with Crippen LogP contribution in [0.5, 0.6) is 11.5 Å². The maximum absolute atomic E-state index is 5.91. The molecule has 0 amide bonds. The molecule has 0 atom stereocenters. The Hall–Kier alpha value is -2.24. The van der Waals surface area contributed by atoms with Crippen molar-refractivity contribution in [3.8, 4) is 11.5 Å². The van der Waals surface area contributed by atoms with Crippen molar-refractivity contribution in [1.29, 1.82) is 0 Å². The van der Waals surface area contributed by atoms with Crippen LogP contribution in [0.25, 0.3) is 0 Å². The molecule has 0 N–H and O–H groups in total. The molecule has 0 aliphatic carbocycles. The molecule has 0 bridgehead atoms. The standard InChI is InChI=1S/C20H24ClN3O2/c1-23-9-11-24(12-10-23)22-14-17-5-8-19(20(13-17)25-2)26-15-16-3-6-18(21)7-4-16/h3-8,13-14H,9-12,15H2,1-2H3. The second kappa shape index (κ2) is 8.92. The van der Waals surface area contributed by atoms with Gasteiger partial charge in [0.2, 0.25) is 0 Å². The fourth-order valence-corrected chi connectivity index (χ4v) is 2.81. The van der Waals surface area contributed by atoms with E-state index in [0.29, 0.717) is 18.1 Å². The van der Waals surface area contributed by atoms with Crippen LogP contribution in [0.1, 0.15) is 11.1 Å². The predicted molar refractivity (Wildman–Crippen MR) is 105 cm³/mol. The van der Waals surface area contributed by atoms with Gasteiger partial charge in [-0.25, -0.2) is 0 Å². The molecule has 2 aromatic rings. The van der Waals surface area contributed by atoms with E-state index in [0.717, 1.165) is 42.3 Å². The Kier molecular flexibility index (Phi) is 6.36. The highest BCUT2D eigenvalue weighted by Gasteiger charge is 2.11. The number of methoxy groups -OCH3 is 1. The molecule has 0 unspecified atom stereocenters. The van der Waals surface area contributed by atoms with Crippen molar-refractivity contribution in [3.63, 3.8) is 0 Å². The third-order valence-corrected chi connectivity index (χ3v) is 4.60. The van der Waals surface area contributed by atoms with Crippen LogP contribution in [0.3, 0.4) is 0 Å². The van der Waals surface area contributed by atoms with Crippen molar-refractivity contribution in [3.05, 3.63) is 58.6 Å². The smallest absolute Gasteiger partial charge is 0.161 e. The van der Waals surface area contributed by atoms with Crippen molar-refractivity contribution in [1.82, 2.24) is 9.91 Å². The Morgan fingerprint density at radius 1 is 1.04 bits per heavy atom. The molecule has 3 rings (SSSR count). The van der Waals surface area contributed by atoms with Crippen molar-refractivity contribution in [2.45, 2.75) is 6.61 Å². The fourth-order valence-electron chi connectivity index (χ4n) is 2.69. The van der Waals surface area contributed by atoms with Crippen LogP contribution in [-0.4, -0.2) is 56.5 Å². The summed E-state index contributed by atoms with van der Waals surface area (Å²) >= 11 is 5.91. The van der Waals surface area contributed by atoms with Gasteiger partial charge < -0.3 is 14.4 Å². The first-order valence-corrected chi connectivity index (χ1v) is 9.04. The van der Waals surface area contributed by atoms with Gasteiger partial charge in [-0.15, -0.1) is 0 Å². The lowest BCUT2D eigenvalue weighted by Crippen LogP contribution is -2.41. The van der Waals surface area contributed by atoms with Gasteiger partial charge in [-0.05, 0) is 48.5 Å². The average molecular weight is 374 g/mol. The Labute approximate surface area is 159 Å². The van der Waals surface area contributed by atoms with E-state index in [-0.39, 0.29) is 0 Å². The first-order valence-electron chi connectivity index (χ1n) is 8.67. The summed E-state index contributed by atoms with van der Waals surface area (Å²) in [5, 5.41) is 7.38. The minimum atomic E-state index is 0.461.